The molecule has 0 spiro atoms. The molecule has 11 heavy (non-hydrogen) atoms. The molecule has 0 aliphatic heterocycles. The van der Waals surface area contributed by atoms with Crippen LogP contribution in [0.1, 0.15) is 1.43 Å². The Hall–Kier alpha value is 0.240. The molecule has 0 aromatic rings. The zero-order valence-electron chi connectivity index (χ0n) is 6.32. The van der Waals surface area contributed by atoms with Gasteiger partial charge in [-0.05, 0) is 4.53 Å². The summed E-state index contributed by atoms with van der Waals surface area (Å²) in [5, 5.41) is 7.65. The van der Waals surface area contributed by atoms with Crippen molar-refractivity contribution < 1.29 is 62.6 Å². The first kappa shape index (κ1) is 13.8. The normalized spacial score (nSPS) is 13.3. The van der Waals surface area contributed by atoms with Crippen molar-refractivity contribution in [3.63, 3.8) is 0 Å². The third-order valence-electron chi connectivity index (χ3n) is 0.535. The molecule has 0 saturated heterocycles. The topological polar surface area (TPSA) is 80.7 Å². The van der Waals surface area contributed by atoms with Crippen molar-refractivity contribution in [3.8, 4) is 0 Å². The molecule has 1 unspecified atom stereocenters. The Bertz CT molecular complexity index is 230. The van der Waals surface area contributed by atoms with Crippen molar-refractivity contribution in [2.24, 2.45) is 0 Å². The average Bonchev–Trinajstić information content (AvgIpc) is 1.86. The van der Waals surface area contributed by atoms with E-state index in [1.54, 1.807) is 0 Å². The van der Waals surface area contributed by atoms with E-state index in [9.17, 15) is 22.1 Å². The van der Waals surface area contributed by atoms with Gasteiger partial charge in [0.15, 0.2) is 0 Å². The van der Waals surface area contributed by atoms with Crippen LogP contribution >= 0.6 is 0 Å². The molecule has 0 radical (unpaired) electrons. The summed E-state index contributed by atoms with van der Waals surface area (Å²) in [4.78, 5) is 9.50. The van der Waals surface area contributed by atoms with Gasteiger partial charge in [0.1, 0.15) is 0 Å². The molecule has 0 aliphatic rings. The number of carboxylic acid groups (broad SMARTS) is 1. The number of rotatable bonds is 3. The van der Waals surface area contributed by atoms with Gasteiger partial charge in [-0.3, -0.25) is 0 Å². The summed E-state index contributed by atoms with van der Waals surface area (Å²) in [6.45, 7) is 0. The number of carboxylic acids is 1. The molecule has 9 heteroatoms. The van der Waals surface area contributed by atoms with Gasteiger partial charge < -0.3 is 6.53 Å². The van der Waals surface area contributed by atoms with Crippen molar-refractivity contribution in [1.29, 1.82) is 0 Å². The van der Waals surface area contributed by atoms with E-state index in [4.69, 9.17) is 5.11 Å². The molecule has 0 heterocycles. The second-order valence-electron chi connectivity index (χ2n) is 1.21. The maximum atomic E-state index is 11.8. The van der Waals surface area contributed by atoms with Crippen LogP contribution in [0.2, 0.25) is 0 Å². The number of carbonyl (C=O) groups is 1. The molecule has 0 bridgehead atoms. The Kier molecular flexibility index (Phi) is 6.26. The summed E-state index contributed by atoms with van der Waals surface area (Å²) in [7, 11) is -5.23. The van der Waals surface area contributed by atoms with Gasteiger partial charge in [-0.25, -0.2) is 9.18 Å². The number of alkyl halides is 1. The molecule has 0 aliphatic carbocycles. The molecule has 0 amide bonds. The molecule has 1 atom stereocenters. The van der Waals surface area contributed by atoms with Crippen molar-refractivity contribution in [2.75, 3.05) is 0 Å². The van der Waals surface area contributed by atoms with Gasteiger partial charge in [-0.2, -0.15) is 8.42 Å². The van der Waals surface area contributed by atoms with Gasteiger partial charge in [0.2, 0.25) is 0 Å². The van der Waals surface area contributed by atoms with Crippen LogP contribution in [0.3, 0.4) is 0 Å². The summed E-state index contributed by atoms with van der Waals surface area (Å²) in [6.07, 6.45) is 0. The van der Waals surface area contributed by atoms with Crippen LogP contribution in [0, 0.1) is 0 Å². The molecule has 1 N–H and O–H groups in total. The van der Waals surface area contributed by atoms with Crippen molar-refractivity contribution in [1.82, 2.24) is 0 Å². The molecule has 0 aromatic heterocycles. The van der Waals surface area contributed by atoms with Crippen molar-refractivity contribution in [3.05, 3.63) is 0 Å². The first-order chi connectivity index (χ1) is 4.41. The SMILES string of the molecule is O=C(O)C(F)S(=O)(=O)OF.[H-].[Na+]. The molecule has 0 saturated carbocycles. The third-order valence-corrected chi connectivity index (χ3v) is 1.42. The van der Waals surface area contributed by atoms with E-state index in [2.05, 4.69) is 4.39 Å². The van der Waals surface area contributed by atoms with Crippen LogP contribution in [0.25, 0.3) is 0 Å². The van der Waals surface area contributed by atoms with E-state index in [0.717, 1.165) is 0 Å². The monoisotopic (exact) mass is 200 g/mol. The van der Waals surface area contributed by atoms with Gasteiger partial charge in [-0.15, -0.1) is 0 Å². The van der Waals surface area contributed by atoms with E-state index >= 15 is 0 Å². The van der Waals surface area contributed by atoms with Crippen LogP contribution in [0.5, 0.6) is 0 Å². The van der Waals surface area contributed by atoms with E-state index in [-0.39, 0.29) is 31.0 Å². The molecule has 62 valence electrons. The summed E-state index contributed by atoms with van der Waals surface area (Å²) in [5.41, 5.74) is -3.38. The predicted octanol–water partition coefficient (Wildman–Crippen LogP) is -3.29. The van der Waals surface area contributed by atoms with Gasteiger partial charge in [0.25, 0.3) is 0 Å². The predicted molar refractivity (Wildman–Crippen MR) is 24.8 cm³/mol. The number of hydrogen-bond donors (Lipinski definition) is 1. The van der Waals surface area contributed by atoms with E-state index < -0.39 is 21.6 Å². The molecule has 0 aromatic carbocycles. The van der Waals surface area contributed by atoms with Gasteiger partial charge in [0.05, 0.1) is 0 Å². The minimum atomic E-state index is -5.23. The molecule has 0 fully saturated rings. The first-order valence-corrected chi connectivity index (χ1v) is 3.30. The Morgan fingerprint density at radius 2 is 2.00 bits per heavy atom. The Morgan fingerprint density at radius 3 is 2.09 bits per heavy atom. The largest absolute Gasteiger partial charge is 1.00 e. The van der Waals surface area contributed by atoms with Gasteiger partial charge in [-0.1, -0.05) is 4.39 Å². The maximum absolute atomic E-state index is 11.8. The van der Waals surface area contributed by atoms with E-state index in [0.29, 0.717) is 0 Å². The number of halogens is 2. The smallest absolute Gasteiger partial charge is 1.00 e. The van der Waals surface area contributed by atoms with Crippen LogP contribution in [-0.4, -0.2) is 25.0 Å². The van der Waals surface area contributed by atoms with Crippen LogP contribution in [-0.2, 0) is 19.3 Å². The van der Waals surface area contributed by atoms with E-state index in [1.165, 1.54) is 0 Å². The van der Waals surface area contributed by atoms with Crippen LogP contribution < -0.4 is 29.6 Å². The fourth-order valence-corrected chi connectivity index (χ4v) is 0.466. The third kappa shape index (κ3) is 3.97. The molecular weight excluding hydrogens is 197 g/mol. The zero-order valence-corrected chi connectivity index (χ0v) is 8.14. The van der Waals surface area contributed by atoms with Gasteiger partial charge in [0, 0.05) is 0 Å². The number of aliphatic carboxylic acids is 1. The van der Waals surface area contributed by atoms with Crippen LogP contribution in [0.15, 0.2) is 0 Å². The summed E-state index contributed by atoms with van der Waals surface area (Å²) in [5.74, 6) is -2.32. The second kappa shape index (κ2) is 4.99. The standard InChI is InChI=1S/C2H2F2O5S.Na.H/c3-1(2(5)6)10(7,8)9-4;;/h1H,(H,5,6);;/q;+1;-1. The fourth-order valence-electron chi connectivity index (χ4n) is 0.155. The maximum Gasteiger partial charge on any atom is 1.00 e. The second-order valence-corrected chi connectivity index (χ2v) is 2.74. The Morgan fingerprint density at radius 1 is 1.64 bits per heavy atom. The molecular formula is C2H3F2NaO5S. The van der Waals surface area contributed by atoms with Gasteiger partial charge >= 0.3 is 51.1 Å². The first-order valence-electron chi connectivity index (χ1n) is 1.82. The quantitative estimate of drug-likeness (QED) is 0.483. The van der Waals surface area contributed by atoms with Crippen molar-refractivity contribution in [2.45, 2.75) is 5.50 Å². The van der Waals surface area contributed by atoms with Crippen LogP contribution in [0.4, 0.5) is 8.92 Å². The summed E-state index contributed by atoms with van der Waals surface area (Å²) >= 11 is 0. The molecule has 5 nitrogen and oxygen atoms in total. The number of hydrogen-bond acceptors (Lipinski definition) is 4. The summed E-state index contributed by atoms with van der Waals surface area (Å²) < 4.78 is 44.2. The zero-order chi connectivity index (χ0) is 8.36. The minimum Gasteiger partial charge on any atom is -1.00 e. The Labute approximate surface area is 84.1 Å². The fraction of sp³-hybridized carbons (Fsp3) is 0.500. The molecule has 0 rings (SSSR count). The minimum absolute atomic E-state index is 0. The van der Waals surface area contributed by atoms with Crippen molar-refractivity contribution >= 4 is 16.1 Å². The average molecular weight is 200 g/mol. The Balaban J connectivity index is -0.000000405. The summed E-state index contributed by atoms with van der Waals surface area (Å²) in [6, 6.07) is 0. The van der Waals surface area contributed by atoms with E-state index in [1.807, 2.05) is 0 Å².